The Hall–Kier alpha value is -2.48. The lowest BCUT2D eigenvalue weighted by molar-refractivity contribution is -0.126. The number of carbonyl (C=O) groups is 1. The van der Waals surface area contributed by atoms with Crippen LogP contribution in [0, 0.1) is 6.92 Å². The van der Waals surface area contributed by atoms with Crippen LogP contribution in [-0.4, -0.2) is 40.8 Å². The standard InChI is InChI=1S/C23H28N4O2S/c1-17-8-9-20(30-17)16-26-14-11-19(12-15-26)27-21(10-13-24-27)25-23(28)22(29-2)18-6-4-3-5-7-18/h3-10,13,19,22H,11-12,14-16H2,1-2H3,(H,25,28)/t22-/m0/s1. The van der Waals surface area contributed by atoms with Gasteiger partial charge in [-0.25, -0.2) is 4.68 Å². The molecular formula is C23H28N4O2S. The zero-order chi connectivity index (χ0) is 20.9. The fourth-order valence-electron chi connectivity index (χ4n) is 4.03. The number of amides is 1. The number of methoxy groups -OCH3 is 1. The molecule has 1 aromatic carbocycles. The number of nitrogens with zero attached hydrogens (tertiary/aromatic N) is 3. The van der Waals surface area contributed by atoms with Crippen LogP contribution in [0.25, 0.3) is 0 Å². The van der Waals surface area contributed by atoms with E-state index in [1.165, 1.54) is 9.75 Å². The van der Waals surface area contributed by atoms with E-state index in [2.05, 4.69) is 34.4 Å². The van der Waals surface area contributed by atoms with Gasteiger partial charge in [-0.2, -0.15) is 5.10 Å². The van der Waals surface area contributed by atoms with Crippen LogP contribution >= 0.6 is 11.3 Å². The van der Waals surface area contributed by atoms with Crippen LogP contribution in [0.4, 0.5) is 5.82 Å². The lowest BCUT2D eigenvalue weighted by atomic mass is 10.1. The number of benzene rings is 1. The SMILES string of the molecule is CO[C@H](C(=O)Nc1ccnn1C1CCN(Cc2ccc(C)s2)CC1)c1ccccc1. The largest absolute Gasteiger partial charge is 0.367 e. The van der Waals surface area contributed by atoms with E-state index in [9.17, 15) is 4.79 Å². The summed E-state index contributed by atoms with van der Waals surface area (Å²) in [6, 6.07) is 16.1. The Balaban J connectivity index is 1.37. The van der Waals surface area contributed by atoms with Crippen molar-refractivity contribution in [2.45, 2.75) is 38.5 Å². The maximum absolute atomic E-state index is 12.9. The number of aromatic nitrogens is 2. The number of likely N-dealkylation sites (tertiary alicyclic amines) is 1. The van der Waals surface area contributed by atoms with Gasteiger partial charge in [0.15, 0.2) is 6.10 Å². The molecule has 3 heterocycles. The number of hydrogen-bond acceptors (Lipinski definition) is 5. The molecule has 0 spiro atoms. The summed E-state index contributed by atoms with van der Waals surface area (Å²) in [5.41, 5.74) is 0.834. The van der Waals surface area contributed by atoms with Gasteiger partial charge in [-0.05, 0) is 37.5 Å². The van der Waals surface area contributed by atoms with Gasteiger partial charge in [-0.15, -0.1) is 11.3 Å². The molecule has 1 amide bonds. The first-order valence-electron chi connectivity index (χ1n) is 10.3. The summed E-state index contributed by atoms with van der Waals surface area (Å²) in [6.45, 7) is 5.22. The number of rotatable bonds is 7. The maximum atomic E-state index is 12.9. The minimum Gasteiger partial charge on any atom is -0.367 e. The summed E-state index contributed by atoms with van der Waals surface area (Å²) in [5.74, 6) is 0.543. The fraction of sp³-hybridized carbons (Fsp3) is 0.391. The van der Waals surface area contributed by atoms with Gasteiger partial charge < -0.3 is 10.1 Å². The predicted octanol–water partition coefficient (Wildman–Crippen LogP) is 4.42. The molecule has 1 fully saturated rings. The average Bonchev–Trinajstić information content (AvgIpc) is 3.39. The Morgan fingerprint density at radius 3 is 2.63 bits per heavy atom. The number of piperidine rings is 1. The number of ether oxygens (including phenoxy) is 1. The smallest absolute Gasteiger partial charge is 0.259 e. The molecule has 30 heavy (non-hydrogen) atoms. The van der Waals surface area contributed by atoms with E-state index in [1.807, 2.05) is 52.4 Å². The molecule has 7 heteroatoms. The van der Waals surface area contributed by atoms with Crippen LogP contribution in [0.3, 0.4) is 0 Å². The Morgan fingerprint density at radius 1 is 1.20 bits per heavy atom. The molecule has 0 saturated carbocycles. The minimum absolute atomic E-state index is 0.184. The molecule has 1 atom stereocenters. The minimum atomic E-state index is -0.648. The molecule has 1 N–H and O–H groups in total. The van der Waals surface area contributed by atoms with Gasteiger partial charge in [0.2, 0.25) is 0 Å². The molecule has 0 radical (unpaired) electrons. The van der Waals surface area contributed by atoms with Gasteiger partial charge in [0.05, 0.1) is 12.2 Å². The highest BCUT2D eigenvalue weighted by molar-refractivity contribution is 7.11. The zero-order valence-electron chi connectivity index (χ0n) is 17.5. The number of aryl methyl sites for hydroxylation is 1. The Morgan fingerprint density at radius 2 is 1.97 bits per heavy atom. The Labute approximate surface area is 181 Å². The van der Waals surface area contributed by atoms with E-state index in [-0.39, 0.29) is 11.9 Å². The first-order chi connectivity index (χ1) is 14.6. The highest BCUT2D eigenvalue weighted by atomic mass is 32.1. The zero-order valence-corrected chi connectivity index (χ0v) is 18.3. The molecule has 1 aliphatic heterocycles. The molecule has 0 aliphatic carbocycles. The van der Waals surface area contributed by atoms with Crippen LogP contribution < -0.4 is 5.32 Å². The third kappa shape index (κ3) is 4.80. The van der Waals surface area contributed by atoms with E-state index in [0.717, 1.165) is 43.9 Å². The van der Waals surface area contributed by atoms with Gasteiger partial charge in [0, 0.05) is 42.6 Å². The van der Waals surface area contributed by atoms with Crippen molar-refractivity contribution in [3.05, 3.63) is 70.0 Å². The van der Waals surface area contributed by atoms with E-state index < -0.39 is 6.10 Å². The summed E-state index contributed by atoms with van der Waals surface area (Å²) >= 11 is 1.87. The third-order valence-electron chi connectivity index (χ3n) is 5.58. The van der Waals surface area contributed by atoms with Gasteiger partial charge in [0.25, 0.3) is 5.91 Å². The topological polar surface area (TPSA) is 59.4 Å². The normalized spacial score (nSPS) is 16.5. The van der Waals surface area contributed by atoms with Gasteiger partial charge in [-0.3, -0.25) is 9.69 Å². The number of carbonyl (C=O) groups excluding carboxylic acids is 1. The number of hydrogen-bond donors (Lipinski definition) is 1. The molecule has 1 saturated heterocycles. The summed E-state index contributed by atoms with van der Waals surface area (Å²) in [5, 5.41) is 7.52. The molecule has 3 aromatic rings. The summed E-state index contributed by atoms with van der Waals surface area (Å²) in [4.78, 5) is 18.1. The van der Waals surface area contributed by atoms with Gasteiger partial charge in [-0.1, -0.05) is 30.3 Å². The van der Waals surface area contributed by atoms with Crippen molar-refractivity contribution < 1.29 is 9.53 Å². The molecule has 2 aromatic heterocycles. The molecule has 6 nitrogen and oxygen atoms in total. The lowest BCUT2D eigenvalue weighted by Gasteiger charge is -2.32. The van der Waals surface area contributed by atoms with Crippen LogP contribution in [0.2, 0.25) is 0 Å². The first kappa shape index (κ1) is 20.8. The van der Waals surface area contributed by atoms with E-state index in [4.69, 9.17) is 4.74 Å². The van der Waals surface area contributed by atoms with Crippen molar-refractivity contribution in [3.63, 3.8) is 0 Å². The molecular weight excluding hydrogens is 396 g/mol. The van der Waals surface area contributed by atoms with Crippen LogP contribution in [0.15, 0.2) is 54.7 Å². The van der Waals surface area contributed by atoms with Crippen LogP contribution in [0.5, 0.6) is 0 Å². The first-order valence-corrected chi connectivity index (χ1v) is 11.2. The van der Waals surface area contributed by atoms with Gasteiger partial charge >= 0.3 is 0 Å². The van der Waals surface area contributed by atoms with Crippen LogP contribution in [0.1, 0.15) is 40.3 Å². The summed E-state index contributed by atoms with van der Waals surface area (Å²) in [7, 11) is 1.55. The quantitative estimate of drug-likeness (QED) is 0.610. The molecule has 4 rings (SSSR count). The number of thiophene rings is 1. The lowest BCUT2D eigenvalue weighted by Crippen LogP contribution is -2.35. The van der Waals surface area contributed by atoms with Crippen molar-refractivity contribution in [2.24, 2.45) is 0 Å². The average molecular weight is 425 g/mol. The number of nitrogens with one attached hydrogen (secondary N) is 1. The third-order valence-corrected chi connectivity index (χ3v) is 6.56. The molecule has 158 valence electrons. The summed E-state index contributed by atoms with van der Waals surface area (Å²) in [6.07, 6.45) is 3.13. The summed E-state index contributed by atoms with van der Waals surface area (Å²) < 4.78 is 7.42. The van der Waals surface area contributed by atoms with E-state index in [1.54, 1.807) is 13.3 Å². The highest BCUT2D eigenvalue weighted by Crippen LogP contribution is 2.28. The predicted molar refractivity (Wildman–Crippen MR) is 120 cm³/mol. The molecule has 0 unspecified atom stereocenters. The Kier molecular flexibility index (Phi) is 6.62. The highest BCUT2D eigenvalue weighted by Gasteiger charge is 2.25. The van der Waals surface area contributed by atoms with Crippen molar-refractivity contribution in [1.29, 1.82) is 0 Å². The fourth-order valence-corrected chi connectivity index (χ4v) is 4.96. The second-order valence-corrected chi connectivity index (χ2v) is 9.07. The van der Waals surface area contributed by atoms with Crippen molar-refractivity contribution in [2.75, 3.05) is 25.5 Å². The van der Waals surface area contributed by atoms with Gasteiger partial charge in [0.1, 0.15) is 5.82 Å². The van der Waals surface area contributed by atoms with E-state index in [0.29, 0.717) is 0 Å². The number of anilines is 1. The monoisotopic (exact) mass is 424 g/mol. The van der Waals surface area contributed by atoms with Crippen molar-refractivity contribution in [1.82, 2.24) is 14.7 Å². The van der Waals surface area contributed by atoms with E-state index >= 15 is 0 Å². The van der Waals surface area contributed by atoms with Crippen molar-refractivity contribution in [3.8, 4) is 0 Å². The second kappa shape index (κ2) is 9.55. The molecule has 0 bridgehead atoms. The van der Waals surface area contributed by atoms with Crippen LogP contribution in [-0.2, 0) is 16.1 Å². The second-order valence-electron chi connectivity index (χ2n) is 7.70. The Bertz CT molecular complexity index is 961. The molecule has 1 aliphatic rings. The van der Waals surface area contributed by atoms with Crippen molar-refractivity contribution >= 4 is 23.1 Å². The maximum Gasteiger partial charge on any atom is 0.259 e.